The Hall–Kier alpha value is -2.32. The third-order valence-corrected chi connectivity index (χ3v) is 5.77. The second kappa shape index (κ2) is 12.5. The Labute approximate surface area is 191 Å². The molecule has 0 radical (unpaired) electrons. The maximum absolute atomic E-state index is 5.97. The number of hydrogen-bond donors (Lipinski definition) is 2. The van der Waals surface area contributed by atoms with Gasteiger partial charge in [0.25, 0.3) is 0 Å². The maximum atomic E-state index is 5.97. The Morgan fingerprint density at radius 3 is 2.71 bits per heavy atom. The molecule has 2 aromatic rings. The summed E-state index contributed by atoms with van der Waals surface area (Å²) in [5.74, 6) is 1.47. The fourth-order valence-electron chi connectivity index (χ4n) is 3.77. The number of hydrogen-bond acceptors (Lipinski definition) is 5. The molecule has 2 N–H and O–H groups in total. The molecule has 8 heteroatoms. The van der Waals surface area contributed by atoms with E-state index in [0.717, 1.165) is 43.9 Å². The van der Waals surface area contributed by atoms with Crippen LogP contribution in [-0.4, -0.2) is 59.5 Å². The van der Waals surface area contributed by atoms with E-state index in [-0.39, 0.29) is 0 Å². The second-order valence-electron chi connectivity index (χ2n) is 7.93. The van der Waals surface area contributed by atoms with Crippen LogP contribution in [0.1, 0.15) is 37.8 Å². The number of nitrogens with zero attached hydrogens (tertiary/aromatic N) is 3. The van der Waals surface area contributed by atoms with E-state index in [2.05, 4.69) is 32.0 Å². The number of likely N-dealkylation sites (tertiary alicyclic amines) is 1. The van der Waals surface area contributed by atoms with Crippen LogP contribution in [0.5, 0.6) is 11.5 Å². The van der Waals surface area contributed by atoms with Gasteiger partial charge in [0.2, 0.25) is 0 Å². The third kappa shape index (κ3) is 7.70. The van der Waals surface area contributed by atoms with Crippen LogP contribution in [0.4, 0.5) is 5.69 Å². The van der Waals surface area contributed by atoms with E-state index >= 15 is 0 Å². The smallest absolute Gasteiger partial charge is 0.170 e. The van der Waals surface area contributed by atoms with Crippen molar-refractivity contribution in [2.24, 2.45) is 0 Å². The zero-order valence-corrected chi connectivity index (χ0v) is 19.5. The van der Waals surface area contributed by atoms with Crippen molar-refractivity contribution in [3.8, 4) is 11.5 Å². The van der Waals surface area contributed by atoms with Crippen LogP contribution in [0.25, 0.3) is 0 Å². The molecule has 170 valence electrons. The minimum absolute atomic E-state index is 0.597. The first-order valence-corrected chi connectivity index (χ1v) is 11.6. The lowest BCUT2D eigenvalue weighted by atomic mass is 10.1. The van der Waals surface area contributed by atoms with Crippen LogP contribution >= 0.6 is 12.2 Å². The number of aromatic nitrogens is 2. The number of methoxy groups -OCH3 is 1. The van der Waals surface area contributed by atoms with Gasteiger partial charge in [0.05, 0.1) is 20.0 Å². The van der Waals surface area contributed by atoms with Gasteiger partial charge in [-0.3, -0.25) is 0 Å². The Morgan fingerprint density at radius 1 is 1.13 bits per heavy atom. The van der Waals surface area contributed by atoms with Gasteiger partial charge in [-0.1, -0.05) is 6.42 Å². The van der Waals surface area contributed by atoms with Crippen LogP contribution < -0.4 is 20.1 Å². The van der Waals surface area contributed by atoms with Gasteiger partial charge in [0.1, 0.15) is 0 Å². The van der Waals surface area contributed by atoms with Gasteiger partial charge in [0.15, 0.2) is 16.6 Å². The summed E-state index contributed by atoms with van der Waals surface area (Å²) in [6.07, 6.45) is 9.73. The first-order chi connectivity index (χ1) is 15.2. The molecule has 1 aromatic heterocycles. The van der Waals surface area contributed by atoms with Crippen LogP contribution in [0, 0.1) is 6.92 Å². The van der Waals surface area contributed by atoms with Crippen molar-refractivity contribution in [1.82, 2.24) is 19.8 Å². The molecule has 3 rings (SSSR count). The predicted molar refractivity (Wildman–Crippen MR) is 129 cm³/mol. The Balaban J connectivity index is 1.37. The Morgan fingerprint density at radius 2 is 1.97 bits per heavy atom. The predicted octanol–water partition coefficient (Wildman–Crippen LogP) is 3.83. The van der Waals surface area contributed by atoms with Crippen LogP contribution in [-0.2, 0) is 6.54 Å². The summed E-state index contributed by atoms with van der Waals surface area (Å²) in [6, 6.07) is 5.82. The van der Waals surface area contributed by atoms with E-state index in [4.69, 9.17) is 21.7 Å². The molecule has 1 aliphatic heterocycles. The number of ether oxygens (including phenoxy) is 2. The first kappa shape index (κ1) is 23.3. The highest BCUT2D eigenvalue weighted by Crippen LogP contribution is 2.30. The molecule has 0 atom stereocenters. The zero-order valence-electron chi connectivity index (χ0n) is 18.7. The number of anilines is 1. The van der Waals surface area contributed by atoms with E-state index < -0.39 is 0 Å². The topological polar surface area (TPSA) is 63.6 Å². The fourth-order valence-corrected chi connectivity index (χ4v) is 3.99. The van der Waals surface area contributed by atoms with Crippen LogP contribution in [0.3, 0.4) is 0 Å². The molecule has 31 heavy (non-hydrogen) atoms. The van der Waals surface area contributed by atoms with E-state index in [9.17, 15) is 0 Å². The second-order valence-corrected chi connectivity index (χ2v) is 8.34. The molecule has 7 nitrogen and oxygen atoms in total. The third-order valence-electron chi connectivity index (χ3n) is 5.53. The number of aryl methyl sites for hydroxylation is 2. The van der Waals surface area contributed by atoms with Gasteiger partial charge in [-0.25, -0.2) is 4.98 Å². The quantitative estimate of drug-likeness (QED) is 0.403. The number of piperidine rings is 1. The summed E-state index contributed by atoms with van der Waals surface area (Å²) in [5.41, 5.74) is 2.04. The summed E-state index contributed by atoms with van der Waals surface area (Å²) in [4.78, 5) is 6.67. The minimum Gasteiger partial charge on any atom is -0.493 e. The standard InChI is InChI=1S/C23H35N5O2S/c1-19-17-24-18-28(19)14-6-10-25-23(31)26-20-8-9-21(22(16-20)29-2)30-15-7-13-27-11-4-3-5-12-27/h8-9,16-18H,3-7,10-15H2,1-2H3,(H2,25,26,31). The largest absolute Gasteiger partial charge is 0.493 e. The van der Waals surface area contributed by atoms with Gasteiger partial charge in [-0.2, -0.15) is 0 Å². The minimum atomic E-state index is 0.597. The van der Waals surface area contributed by atoms with Crippen molar-refractivity contribution in [2.45, 2.75) is 45.6 Å². The molecule has 0 unspecified atom stereocenters. The van der Waals surface area contributed by atoms with Gasteiger partial charge in [-0.05, 0) is 70.0 Å². The molecule has 0 saturated carbocycles. The van der Waals surface area contributed by atoms with Crippen molar-refractivity contribution in [3.63, 3.8) is 0 Å². The van der Waals surface area contributed by atoms with Gasteiger partial charge >= 0.3 is 0 Å². The maximum Gasteiger partial charge on any atom is 0.170 e. The number of rotatable bonds is 11. The molecule has 1 aliphatic rings. The first-order valence-electron chi connectivity index (χ1n) is 11.2. The van der Waals surface area contributed by atoms with E-state index in [1.165, 1.54) is 38.0 Å². The zero-order chi connectivity index (χ0) is 21.9. The monoisotopic (exact) mass is 445 g/mol. The average Bonchev–Trinajstić information content (AvgIpc) is 3.20. The molecule has 0 bridgehead atoms. The van der Waals surface area contributed by atoms with E-state index in [1.807, 2.05) is 30.7 Å². The van der Waals surface area contributed by atoms with Crippen molar-refractivity contribution >= 4 is 23.0 Å². The molecule has 2 heterocycles. The lowest BCUT2D eigenvalue weighted by Crippen LogP contribution is -2.31. The van der Waals surface area contributed by atoms with E-state index in [0.29, 0.717) is 17.5 Å². The highest BCUT2D eigenvalue weighted by atomic mass is 32.1. The van der Waals surface area contributed by atoms with Crippen molar-refractivity contribution in [3.05, 3.63) is 36.4 Å². The number of benzene rings is 1. The van der Waals surface area contributed by atoms with Crippen molar-refractivity contribution < 1.29 is 9.47 Å². The Bertz CT molecular complexity index is 820. The van der Waals surface area contributed by atoms with Crippen molar-refractivity contribution in [1.29, 1.82) is 0 Å². The summed E-state index contributed by atoms with van der Waals surface area (Å²) < 4.78 is 13.6. The molecule has 1 aromatic carbocycles. The number of imidazole rings is 1. The summed E-state index contributed by atoms with van der Waals surface area (Å²) in [6.45, 7) is 8.00. The molecule has 0 amide bonds. The summed E-state index contributed by atoms with van der Waals surface area (Å²) in [5, 5.41) is 7.06. The number of thiocarbonyl (C=S) groups is 1. The Kier molecular flexibility index (Phi) is 9.42. The molecule has 0 aliphatic carbocycles. The summed E-state index contributed by atoms with van der Waals surface area (Å²) in [7, 11) is 1.66. The van der Waals surface area contributed by atoms with Crippen LogP contribution in [0.2, 0.25) is 0 Å². The normalized spacial score (nSPS) is 14.3. The molecule has 1 saturated heterocycles. The molecule has 0 spiro atoms. The van der Waals surface area contributed by atoms with Gasteiger partial charge in [-0.15, -0.1) is 0 Å². The SMILES string of the molecule is COc1cc(NC(=S)NCCCn2cncc2C)ccc1OCCCN1CCCCC1. The molecular formula is C23H35N5O2S. The van der Waals surface area contributed by atoms with Gasteiger partial charge in [0, 0.05) is 43.3 Å². The van der Waals surface area contributed by atoms with Gasteiger partial charge < -0.3 is 29.6 Å². The number of nitrogens with one attached hydrogen (secondary N) is 2. The molecule has 1 fully saturated rings. The lowest BCUT2D eigenvalue weighted by molar-refractivity contribution is 0.203. The average molecular weight is 446 g/mol. The highest BCUT2D eigenvalue weighted by Gasteiger charge is 2.10. The van der Waals surface area contributed by atoms with Crippen LogP contribution in [0.15, 0.2) is 30.7 Å². The lowest BCUT2D eigenvalue weighted by Gasteiger charge is -2.26. The summed E-state index contributed by atoms with van der Waals surface area (Å²) >= 11 is 5.42. The van der Waals surface area contributed by atoms with E-state index in [1.54, 1.807) is 7.11 Å². The highest BCUT2D eigenvalue weighted by molar-refractivity contribution is 7.80. The molecular weight excluding hydrogens is 410 g/mol. The fraction of sp³-hybridized carbons (Fsp3) is 0.565. The van der Waals surface area contributed by atoms with Crippen molar-refractivity contribution in [2.75, 3.05) is 45.2 Å².